The van der Waals surface area contributed by atoms with Crippen LogP contribution in [0.4, 0.5) is 0 Å². The molecule has 0 saturated heterocycles. The SMILES string of the molecule is Cc1ccc(S(=O)(=O)N[C@@H](CC(C)C)C(=O)Oc2cc3oc(=O)c(C)c(C)c3cc2Cl)cc1. The van der Waals surface area contributed by atoms with Crippen molar-refractivity contribution in [3.63, 3.8) is 0 Å². The molecule has 0 aliphatic carbocycles. The lowest BCUT2D eigenvalue weighted by molar-refractivity contribution is -0.136. The summed E-state index contributed by atoms with van der Waals surface area (Å²) in [5, 5.41) is 0.757. The third-order valence-electron chi connectivity index (χ3n) is 5.34. The summed E-state index contributed by atoms with van der Waals surface area (Å²) in [6, 6.07) is 8.08. The number of hydrogen-bond donors (Lipinski definition) is 1. The van der Waals surface area contributed by atoms with Crippen molar-refractivity contribution in [1.82, 2.24) is 4.72 Å². The van der Waals surface area contributed by atoms with Crippen LogP contribution >= 0.6 is 11.6 Å². The van der Waals surface area contributed by atoms with E-state index in [1.54, 1.807) is 32.0 Å². The van der Waals surface area contributed by atoms with Crippen LogP contribution in [0.2, 0.25) is 5.02 Å². The van der Waals surface area contributed by atoms with Crippen molar-refractivity contribution in [2.45, 2.75) is 52.0 Å². The van der Waals surface area contributed by atoms with Crippen LogP contribution < -0.4 is 15.1 Å². The average molecular weight is 492 g/mol. The van der Waals surface area contributed by atoms with Crippen LogP contribution in [0.1, 0.15) is 37.0 Å². The average Bonchev–Trinajstić information content (AvgIpc) is 2.73. The first-order valence-electron chi connectivity index (χ1n) is 10.4. The number of ether oxygens (including phenoxy) is 1. The lowest BCUT2D eigenvalue weighted by Gasteiger charge is -2.20. The van der Waals surface area contributed by atoms with Gasteiger partial charge < -0.3 is 9.15 Å². The smallest absolute Gasteiger partial charge is 0.339 e. The van der Waals surface area contributed by atoms with Gasteiger partial charge in [-0.15, -0.1) is 0 Å². The second kappa shape index (κ2) is 9.67. The molecule has 0 spiro atoms. The number of fused-ring (bicyclic) bond motifs is 1. The summed E-state index contributed by atoms with van der Waals surface area (Å²) in [5.74, 6) is -0.838. The Morgan fingerprint density at radius 2 is 1.73 bits per heavy atom. The zero-order valence-electron chi connectivity index (χ0n) is 19.1. The summed E-state index contributed by atoms with van der Waals surface area (Å²) in [7, 11) is -3.96. The lowest BCUT2D eigenvalue weighted by atomic mass is 10.0. The summed E-state index contributed by atoms with van der Waals surface area (Å²) in [5.41, 5.74) is 1.81. The molecule has 0 amide bonds. The normalized spacial score (nSPS) is 12.8. The van der Waals surface area contributed by atoms with Crippen molar-refractivity contribution in [3.05, 3.63) is 68.5 Å². The van der Waals surface area contributed by atoms with Crippen molar-refractivity contribution in [2.75, 3.05) is 0 Å². The highest BCUT2D eigenvalue weighted by molar-refractivity contribution is 7.89. The molecule has 0 aliphatic rings. The molecule has 3 aromatic rings. The van der Waals surface area contributed by atoms with Crippen LogP contribution in [0, 0.1) is 26.7 Å². The van der Waals surface area contributed by atoms with Crippen LogP contribution in [0.25, 0.3) is 11.0 Å². The third kappa shape index (κ3) is 5.63. The van der Waals surface area contributed by atoms with E-state index in [0.29, 0.717) is 16.5 Å². The van der Waals surface area contributed by atoms with E-state index < -0.39 is 27.7 Å². The highest BCUT2D eigenvalue weighted by Crippen LogP contribution is 2.32. The van der Waals surface area contributed by atoms with Crippen LogP contribution in [0.5, 0.6) is 5.75 Å². The molecule has 0 saturated carbocycles. The van der Waals surface area contributed by atoms with Crippen molar-refractivity contribution >= 4 is 38.6 Å². The van der Waals surface area contributed by atoms with Gasteiger partial charge in [0.15, 0.2) is 5.75 Å². The fourth-order valence-electron chi connectivity index (χ4n) is 3.34. The minimum Gasteiger partial charge on any atom is -0.424 e. The van der Waals surface area contributed by atoms with E-state index in [1.807, 2.05) is 20.8 Å². The number of nitrogens with one attached hydrogen (secondary N) is 1. The number of hydrogen-bond acceptors (Lipinski definition) is 6. The third-order valence-corrected chi connectivity index (χ3v) is 7.12. The van der Waals surface area contributed by atoms with E-state index in [1.165, 1.54) is 18.2 Å². The van der Waals surface area contributed by atoms with Gasteiger partial charge in [0.25, 0.3) is 0 Å². The molecule has 1 aromatic heterocycles. The highest BCUT2D eigenvalue weighted by Gasteiger charge is 2.29. The second-order valence-corrected chi connectivity index (χ2v) is 10.6. The Bertz CT molecular complexity index is 1360. The molecule has 0 bridgehead atoms. The molecule has 1 N–H and O–H groups in total. The van der Waals surface area contributed by atoms with Crippen molar-refractivity contribution < 1.29 is 22.4 Å². The van der Waals surface area contributed by atoms with Crippen molar-refractivity contribution in [1.29, 1.82) is 0 Å². The van der Waals surface area contributed by atoms with E-state index in [-0.39, 0.29) is 33.6 Å². The maximum absolute atomic E-state index is 13.0. The molecule has 176 valence electrons. The molecule has 7 nitrogen and oxygen atoms in total. The van der Waals surface area contributed by atoms with E-state index in [0.717, 1.165) is 5.56 Å². The monoisotopic (exact) mass is 491 g/mol. The summed E-state index contributed by atoms with van der Waals surface area (Å²) < 4.78 is 38.9. The van der Waals surface area contributed by atoms with Gasteiger partial charge in [-0.25, -0.2) is 18.0 Å². The number of sulfonamides is 1. The lowest BCUT2D eigenvalue weighted by Crippen LogP contribution is -2.43. The fraction of sp³-hybridized carbons (Fsp3) is 0.333. The predicted molar refractivity (Wildman–Crippen MR) is 127 cm³/mol. The Labute approximate surface area is 197 Å². The number of rotatable bonds is 7. The zero-order chi connectivity index (χ0) is 24.5. The molecule has 1 atom stereocenters. The van der Waals surface area contributed by atoms with Gasteiger partial charge in [-0.05, 0) is 56.9 Å². The van der Waals surface area contributed by atoms with Gasteiger partial charge in [0.2, 0.25) is 10.0 Å². The first-order chi connectivity index (χ1) is 15.4. The maximum atomic E-state index is 13.0. The van der Waals surface area contributed by atoms with Crippen LogP contribution in [0.15, 0.2) is 50.5 Å². The summed E-state index contributed by atoms with van der Waals surface area (Å²) in [6.45, 7) is 9.00. The van der Waals surface area contributed by atoms with Crippen molar-refractivity contribution in [2.24, 2.45) is 5.92 Å². The van der Waals surface area contributed by atoms with Gasteiger partial charge >= 0.3 is 11.6 Å². The predicted octanol–water partition coefficient (Wildman–Crippen LogP) is 4.67. The Kier molecular flexibility index (Phi) is 7.31. The molecule has 0 aliphatic heterocycles. The molecule has 0 fully saturated rings. The number of halogens is 1. The Balaban J connectivity index is 1.92. The molecule has 0 radical (unpaired) electrons. The number of benzene rings is 2. The van der Waals surface area contributed by atoms with E-state index >= 15 is 0 Å². The first-order valence-corrected chi connectivity index (χ1v) is 12.3. The van der Waals surface area contributed by atoms with E-state index in [9.17, 15) is 18.0 Å². The van der Waals surface area contributed by atoms with Gasteiger partial charge in [0.05, 0.1) is 9.92 Å². The topological polar surface area (TPSA) is 103 Å². The minimum absolute atomic E-state index is 0.000936. The summed E-state index contributed by atoms with van der Waals surface area (Å²) in [6.07, 6.45) is 0.211. The summed E-state index contributed by atoms with van der Waals surface area (Å²) >= 11 is 6.33. The highest BCUT2D eigenvalue weighted by atomic mass is 35.5. The molecule has 1 heterocycles. The van der Waals surface area contributed by atoms with Crippen LogP contribution in [0.3, 0.4) is 0 Å². The molecule has 0 unspecified atom stereocenters. The first kappa shape index (κ1) is 25.0. The maximum Gasteiger partial charge on any atom is 0.339 e. The van der Waals surface area contributed by atoms with Gasteiger partial charge in [0, 0.05) is 17.0 Å². The molecular formula is C24H26ClNO6S. The van der Waals surface area contributed by atoms with Gasteiger partial charge in [-0.2, -0.15) is 4.72 Å². The van der Waals surface area contributed by atoms with Crippen molar-refractivity contribution in [3.8, 4) is 5.75 Å². The Morgan fingerprint density at radius 1 is 1.09 bits per heavy atom. The Hall–Kier alpha value is -2.68. The summed E-state index contributed by atoms with van der Waals surface area (Å²) in [4.78, 5) is 25.1. The van der Waals surface area contributed by atoms with E-state index in [2.05, 4.69) is 4.72 Å². The molecule has 33 heavy (non-hydrogen) atoms. The molecule has 2 aromatic carbocycles. The van der Waals surface area contributed by atoms with Crippen LogP contribution in [-0.4, -0.2) is 20.4 Å². The van der Waals surface area contributed by atoms with Gasteiger partial charge in [-0.1, -0.05) is 43.1 Å². The molecule has 9 heteroatoms. The van der Waals surface area contributed by atoms with Gasteiger partial charge in [-0.3, -0.25) is 0 Å². The van der Waals surface area contributed by atoms with E-state index in [4.69, 9.17) is 20.8 Å². The fourth-order valence-corrected chi connectivity index (χ4v) is 4.74. The minimum atomic E-state index is -3.96. The van der Waals surface area contributed by atoms with Gasteiger partial charge in [0.1, 0.15) is 11.6 Å². The standard InChI is InChI=1S/C24H26ClNO6S/c1-13(2)10-20(26-33(29,30)17-8-6-14(3)7-9-17)24(28)32-22-12-21-18(11-19(22)25)15(4)16(5)23(27)31-21/h6-9,11-13,20,26H,10H2,1-5H3/t20-/m0/s1. The zero-order valence-corrected chi connectivity index (χ0v) is 20.6. The van der Waals surface area contributed by atoms with Crippen LogP contribution in [-0.2, 0) is 14.8 Å². The number of esters is 1. The molecule has 3 rings (SSSR count). The quantitative estimate of drug-likeness (QED) is 0.292. The number of aryl methyl sites for hydroxylation is 2. The second-order valence-electron chi connectivity index (χ2n) is 8.46. The number of carbonyl (C=O) groups excluding carboxylic acids is 1. The number of carbonyl (C=O) groups is 1. The Morgan fingerprint density at radius 3 is 2.33 bits per heavy atom. The molecular weight excluding hydrogens is 466 g/mol. The largest absolute Gasteiger partial charge is 0.424 e.